The SMILES string of the molecule is Nc1nc2c(ncn2[C@@H]2O[C@@H]3COP(O)(=S)O[C@H]4[C@H]5OC[C@]4(CNS(=O)(=O)O[C@@H]2[C@@H]3CO)O[C@H]5n2cnc3c(N)ncnc32)c(=O)[nH]1. The van der Waals surface area contributed by atoms with Crippen LogP contribution >= 0.6 is 6.72 Å². The predicted octanol–water partition coefficient (Wildman–Crippen LogP) is -2.85. The van der Waals surface area contributed by atoms with E-state index in [0.29, 0.717) is 11.2 Å². The van der Waals surface area contributed by atoms with E-state index < -0.39 is 90.7 Å². The summed E-state index contributed by atoms with van der Waals surface area (Å²) in [5.41, 5.74) is 9.96. The maximum absolute atomic E-state index is 13.6. The summed E-state index contributed by atoms with van der Waals surface area (Å²) in [5, 5.41) is 10.4. The van der Waals surface area contributed by atoms with Crippen molar-refractivity contribution in [3.8, 4) is 0 Å². The van der Waals surface area contributed by atoms with Gasteiger partial charge in [0.05, 0.1) is 38.6 Å². The first-order chi connectivity index (χ1) is 22.4. The third-order valence-corrected chi connectivity index (χ3v) is 11.0. The smallest absolute Gasteiger partial charge is 0.336 e. The molecule has 25 heteroatoms. The molecule has 0 aliphatic carbocycles. The number of nitrogens with two attached hydrogens (primary N) is 2. The molecule has 4 aliphatic rings. The van der Waals surface area contributed by atoms with E-state index in [9.17, 15) is 23.2 Å². The highest BCUT2D eigenvalue weighted by Gasteiger charge is 2.65. The number of hydrogen-bond acceptors (Lipinski definition) is 18. The average molecular weight is 716 g/mol. The van der Waals surface area contributed by atoms with Crippen LogP contribution < -0.4 is 21.7 Å². The largest absolute Gasteiger partial charge is 0.396 e. The molecule has 4 aromatic heterocycles. The third kappa shape index (κ3) is 5.03. The number of nitrogens with zero attached hydrogens (tertiary/aromatic N) is 7. The molecule has 8 N–H and O–H groups in total. The number of nitrogen functional groups attached to an aromatic ring is 2. The van der Waals surface area contributed by atoms with Crippen molar-refractivity contribution < 1.29 is 45.9 Å². The molecule has 47 heavy (non-hydrogen) atoms. The molecule has 8 heterocycles. The maximum Gasteiger partial charge on any atom is 0.336 e. The Kier molecular flexibility index (Phi) is 7.18. The van der Waals surface area contributed by atoms with Crippen LogP contribution in [0.5, 0.6) is 0 Å². The number of aromatic nitrogens is 8. The molecule has 8 rings (SSSR count). The van der Waals surface area contributed by atoms with Crippen molar-refractivity contribution in [2.75, 3.05) is 37.8 Å². The zero-order valence-electron chi connectivity index (χ0n) is 23.7. The zero-order valence-corrected chi connectivity index (χ0v) is 26.2. The Hall–Kier alpha value is -3.26. The van der Waals surface area contributed by atoms with E-state index in [1.165, 1.54) is 28.1 Å². The molecule has 252 valence electrons. The maximum atomic E-state index is 13.6. The Labute approximate surface area is 267 Å². The summed E-state index contributed by atoms with van der Waals surface area (Å²) in [5.74, 6) is -1.15. The summed E-state index contributed by atoms with van der Waals surface area (Å²) in [6, 6.07) is 0. The van der Waals surface area contributed by atoms with Gasteiger partial charge in [-0.2, -0.15) is 18.1 Å². The van der Waals surface area contributed by atoms with E-state index in [0.717, 1.165) is 0 Å². The van der Waals surface area contributed by atoms with Crippen LogP contribution in [-0.4, -0.2) is 114 Å². The minimum atomic E-state index is -4.66. The number of nitrogens with one attached hydrogen (secondary N) is 2. The molecule has 4 aromatic rings. The van der Waals surface area contributed by atoms with Gasteiger partial charge in [0.1, 0.15) is 35.8 Å². The topological polar surface area (TPSA) is 301 Å². The lowest BCUT2D eigenvalue weighted by Gasteiger charge is -2.32. The van der Waals surface area contributed by atoms with E-state index in [1.807, 2.05) is 0 Å². The Bertz CT molecular complexity index is 2110. The highest BCUT2D eigenvalue weighted by Crippen LogP contribution is 2.55. The van der Waals surface area contributed by atoms with Crippen LogP contribution in [0, 0.1) is 5.92 Å². The van der Waals surface area contributed by atoms with Crippen molar-refractivity contribution in [3.63, 3.8) is 0 Å². The van der Waals surface area contributed by atoms with Crippen LogP contribution in [0.4, 0.5) is 11.8 Å². The van der Waals surface area contributed by atoms with Gasteiger partial charge < -0.3 is 40.2 Å². The van der Waals surface area contributed by atoms with Crippen LogP contribution in [0.3, 0.4) is 0 Å². The van der Waals surface area contributed by atoms with E-state index in [-0.39, 0.29) is 29.5 Å². The van der Waals surface area contributed by atoms with Gasteiger partial charge in [-0.15, -0.1) is 0 Å². The highest BCUT2D eigenvalue weighted by molar-refractivity contribution is 8.07. The molecule has 0 radical (unpaired) electrons. The number of fused-ring (bicyclic) bond motifs is 4. The Balaban J connectivity index is 1.16. The fourth-order valence-electron chi connectivity index (χ4n) is 6.34. The summed E-state index contributed by atoms with van der Waals surface area (Å²) >= 11 is 5.37. The molecule has 4 bridgehead atoms. The van der Waals surface area contributed by atoms with Gasteiger partial charge in [0, 0.05) is 12.5 Å². The van der Waals surface area contributed by atoms with Crippen LogP contribution in [0.25, 0.3) is 22.3 Å². The Morgan fingerprint density at radius 1 is 1.11 bits per heavy atom. The summed E-state index contributed by atoms with van der Waals surface area (Å²) in [6.07, 6.45) is -3.04. The molecule has 0 aromatic carbocycles. The van der Waals surface area contributed by atoms with Gasteiger partial charge >= 0.3 is 17.0 Å². The van der Waals surface area contributed by atoms with Gasteiger partial charge in [-0.05, 0) is 11.8 Å². The fraction of sp³-hybridized carbons (Fsp3) is 0.545. The third-order valence-electron chi connectivity index (χ3n) is 8.50. The minimum absolute atomic E-state index is 0.0366. The predicted molar refractivity (Wildman–Crippen MR) is 158 cm³/mol. The fourth-order valence-corrected chi connectivity index (χ4v) is 8.81. The second kappa shape index (κ2) is 10.9. The van der Waals surface area contributed by atoms with Crippen molar-refractivity contribution in [2.24, 2.45) is 5.92 Å². The van der Waals surface area contributed by atoms with Crippen LogP contribution in [0.15, 0.2) is 23.8 Å². The van der Waals surface area contributed by atoms with Gasteiger partial charge in [0.2, 0.25) is 5.95 Å². The quantitative estimate of drug-likeness (QED) is 0.116. The molecular formula is C22H26N11O11PS2. The first-order valence-electron chi connectivity index (χ1n) is 13.9. The second-order valence-corrected chi connectivity index (χ2v) is 15.4. The normalized spacial score (nSPS) is 37.0. The van der Waals surface area contributed by atoms with Crippen LogP contribution in [0.2, 0.25) is 0 Å². The summed E-state index contributed by atoms with van der Waals surface area (Å²) in [4.78, 5) is 46.6. The number of imidazole rings is 2. The Morgan fingerprint density at radius 2 is 1.87 bits per heavy atom. The molecule has 4 aliphatic heterocycles. The molecule has 4 saturated heterocycles. The van der Waals surface area contributed by atoms with Crippen molar-refractivity contribution >= 4 is 62.9 Å². The Morgan fingerprint density at radius 3 is 2.66 bits per heavy atom. The standard InChI is InChI=1S/C22H26N11O11PS2/c23-15-10-16(26-5-25-15)32(6-27-10)20-13-14-22(42-20,4-39-13)3-29-47(37,38)44-12-8(1-34)9(2-40-45(36,46)43-14)41-19(12)33-7-28-11-17(33)30-21(24)31-18(11)35/h5-9,12-14,19-20,29,34H,1-4H2,(H,36,46)(H2,23,25,26)(H3,24,30,31,35)/t8-,9-,12-,13-,14+,19-,20-,22+,45?/m1/s1. The molecular weight excluding hydrogens is 689 g/mol. The van der Waals surface area contributed by atoms with Gasteiger partial charge in [0.25, 0.3) is 5.56 Å². The number of rotatable bonds is 3. The molecule has 1 unspecified atom stereocenters. The van der Waals surface area contributed by atoms with Crippen molar-refractivity contribution in [2.45, 2.75) is 42.5 Å². The molecule has 0 saturated carbocycles. The number of aromatic amines is 1. The lowest BCUT2D eigenvalue weighted by atomic mass is 9.99. The number of anilines is 2. The molecule has 4 fully saturated rings. The number of ether oxygens (including phenoxy) is 3. The van der Waals surface area contributed by atoms with E-state index in [2.05, 4.69) is 34.6 Å². The van der Waals surface area contributed by atoms with E-state index in [1.54, 1.807) is 0 Å². The van der Waals surface area contributed by atoms with E-state index >= 15 is 0 Å². The van der Waals surface area contributed by atoms with Gasteiger partial charge in [-0.1, -0.05) is 0 Å². The first kappa shape index (κ1) is 31.0. The van der Waals surface area contributed by atoms with Crippen molar-refractivity contribution in [1.29, 1.82) is 0 Å². The lowest BCUT2D eigenvalue weighted by Crippen LogP contribution is -2.51. The number of aliphatic hydroxyl groups is 1. The molecule has 0 amide bonds. The van der Waals surface area contributed by atoms with Gasteiger partial charge in [0.15, 0.2) is 35.1 Å². The highest BCUT2D eigenvalue weighted by atomic mass is 32.5. The average Bonchev–Trinajstić information content (AvgIpc) is 3.82. The summed E-state index contributed by atoms with van der Waals surface area (Å²) in [6.45, 7) is -5.86. The monoisotopic (exact) mass is 715 g/mol. The first-order valence-corrected chi connectivity index (χ1v) is 17.9. The van der Waals surface area contributed by atoms with Crippen molar-refractivity contribution in [3.05, 3.63) is 29.3 Å². The molecule has 9 atom stereocenters. The number of hydrogen-bond donors (Lipinski definition) is 6. The molecule has 22 nitrogen and oxygen atoms in total. The van der Waals surface area contributed by atoms with Gasteiger partial charge in [-0.25, -0.2) is 24.1 Å². The van der Waals surface area contributed by atoms with Crippen molar-refractivity contribution in [1.82, 2.24) is 43.8 Å². The van der Waals surface area contributed by atoms with E-state index in [4.69, 9.17) is 50.7 Å². The summed E-state index contributed by atoms with van der Waals surface area (Å²) in [7, 11) is -4.66. The summed E-state index contributed by atoms with van der Waals surface area (Å²) < 4.78 is 68.1. The van der Waals surface area contributed by atoms with Gasteiger partial charge in [-0.3, -0.25) is 23.4 Å². The lowest BCUT2D eigenvalue weighted by molar-refractivity contribution is -0.169. The number of H-pyrrole nitrogens is 1. The molecule has 0 spiro atoms. The van der Waals surface area contributed by atoms with Crippen LogP contribution in [-0.2, 0) is 49.6 Å². The number of aliphatic hydroxyl groups excluding tert-OH is 1. The minimum Gasteiger partial charge on any atom is -0.396 e. The van der Waals surface area contributed by atoms with Crippen LogP contribution in [0.1, 0.15) is 12.5 Å². The zero-order chi connectivity index (χ0) is 32.9. The second-order valence-electron chi connectivity index (χ2n) is 11.2.